The lowest BCUT2D eigenvalue weighted by molar-refractivity contribution is 0.320. The van der Waals surface area contributed by atoms with E-state index in [0.29, 0.717) is 12.1 Å². The van der Waals surface area contributed by atoms with E-state index in [2.05, 4.69) is 57.1 Å². The molecule has 1 N–H and O–H groups in total. The Bertz CT molecular complexity index is 456. The van der Waals surface area contributed by atoms with Crippen molar-refractivity contribution in [2.75, 3.05) is 11.9 Å². The van der Waals surface area contributed by atoms with Gasteiger partial charge in [-0.25, -0.2) is 4.98 Å². The summed E-state index contributed by atoms with van der Waals surface area (Å²) in [5.41, 5.74) is 2.45. The monoisotopic (exact) mass is 289 g/mol. The number of rotatable bonds is 5. The number of aryl methyl sites for hydroxylation is 1. The summed E-state index contributed by atoms with van der Waals surface area (Å²) in [5.74, 6) is 1.90. The lowest BCUT2D eigenvalue weighted by Gasteiger charge is -2.37. The molecule has 0 saturated heterocycles. The quantitative estimate of drug-likeness (QED) is 0.891. The van der Waals surface area contributed by atoms with E-state index in [1.807, 2.05) is 0 Å². The van der Waals surface area contributed by atoms with Gasteiger partial charge in [-0.3, -0.25) is 0 Å². The molecule has 0 spiro atoms. The highest BCUT2D eigenvalue weighted by Crippen LogP contribution is 2.30. The Balaban J connectivity index is 2.14. The van der Waals surface area contributed by atoms with Gasteiger partial charge in [0, 0.05) is 31.4 Å². The normalized spacial score (nSPS) is 22.6. The van der Waals surface area contributed by atoms with E-state index in [0.717, 1.165) is 24.0 Å². The Labute approximate surface area is 130 Å². The zero-order valence-corrected chi connectivity index (χ0v) is 14.3. The summed E-state index contributed by atoms with van der Waals surface area (Å²) in [6.07, 6.45) is 5.39. The molecule has 1 heterocycles. The minimum atomic E-state index is 0.512. The topological polar surface area (TPSA) is 28.2 Å². The maximum Gasteiger partial charge on any atom is 0.129 e. The fourth-order valence-electron chi connectivity index (χ4n) is 3.37. The summed E-state index contributed by atoms with van der Waals surface area (Å²) in [6, 6.07) is 5.60. The molecule has 1 saturated carbocycles. The largest absolute Gasteiger partial charge is 0.356 e. The molecule has 0 radical (unpaired) electrons. The predicted octanol–water partition coefficient (Wildman–Crippen LogP) is 3.90. The first-order chi connectivity index (χ1) is 9.97. The molecule has 0 aromatic carbocycles. The van der Waals surface area contributed by atoms with E-state index in [9.17, 15) is 0 Å². The van der Waals surface area contributed by atoms with E-state index >= 15 is 0 Å². The summed E-state index contributed by atoms with van der Waals surface area (Å²) >= 11 is 0. The van der Waals surface area contributed by atoms with Gasteiger partial charge in [-0.2, -0.15) is 0 Å². The van der Waals surface area contributed by atoms with Gasteiger partial charge in [0.1, 0.15) is 5.82 Å². The summed E-state index contributed by atoms with van der Waals surface area (Å²) in [7, 11) is 2.22. The van der Waals surface area contributed by atoms with Crippen molar-refractivity contribution in [2.45, 2.75) is 72.0 Å². The highest BCUT2D eigenvalue weighted by molar-refractivity contribution is 5.43. The van der Waals surface area contributed by atoms with Crippen molar-refractivity contribution in [3.63, 3.8) is 0 Å². The third kappa shape index (κ3) is 4.44. The minimum Gasteiger partial charge on any atom is -0.356 e. The molecule has 0 bridgehead atoms. The highest BCUT2D eigenvalue weighted by Gasteiger charge is 2.25. The molecule has 0 amide bonds. The lowest BCUT2D eigenvalue weighted by Crippen LogP contribution is -2.39. The molecule has 3 heteroatoms. The molecule has 2 rings (SSSR count). The van der Waals surface area contributed by atoms with E-state index in [-0.39, 0.29) is 0 Å². The maximum absolute atomic E-state index is 4.77. The van der Waals surface area contributed by atoms with Crippen LogP contribution in [0.1, 0.15) is 57.7 Å². The van der Waals surface area contributed by atoms with Gasteiger partial charge in [0.25, 0.3) is 0 Å². The molecule has 2 atom stereocenters. The lowest BCUT2D eigenvalue weighted by atomic mass is 9.85. The van der Waals surface area contributed by atoms with Crippen LogP contribution in [-0.2, 0) is 6.54 Å². The van der Waals surface area contributed by atoms with Crippen LogP contribution in [0.3, 0.4) is 0 Å². The van der Waals surface area contributed by atoms with Gasteiger partial charge in [0.05, 0.1) is 0 Å². The first-order valence-corrected chi connectivity index (χ1v) is 8.41. The van der Waals surface area contributed by atoms with E-state index in [4.69, 9.17) is 4.98 Å². The van der Waals surface area contributed by atoms with Crippen molar-refractivity contribution in [3.05, 3.63) is 23.4 Å². The van der Waals surface area contributed by atoms with Crippen molar-refractivity contribution >= 4 is 5.82 Å². The molecule has 3 nitrogen and oxygen atoms in total. The van der Waals surface area contributed by atoms with Gasteiger partial charge < -0.3 is 10.2 Å². The van der Waals surface area contributed by atoms with E-state index in [1.54, 1.807) is 0 Å². The van der Waals surface area contributed by atoms with Crippen molar-refractivity contribution in [1.29, 1.82) is 0 Å². The summed E-state index contributed by atoms with van der Waals surface area (Å²) < 4.78 is 0. The van der Waals surface area contributed by atoms with Crippen LogP contribution in [0, 0.1) is 12.8 Å². The number of aromatic nitrogens is 1. The SMILES string of the molecule is Cc1cc(CNC(C)C)cc(N(C)C2CCCCC2C)n1. The Morgan fingerprint density at radius 2 is 2.00 bits per heavy atom. The molecule has 0 aliphatic heterocycles. The predicted molar refractivity (Wildman–Crippen MR) is 90.8 cm³/mol. The smallest absolute Gasteiger partial charge is 0.129 e. The van der Waals surface area contributed by atoms with Crippen LogP contribution in [0.15, 0.2) is 12.1 Å². The van der Waals surface area contributed by atoms with Crippen LogP contribution in [0.5, 0.6) is 0 Å². The molecule has 1 aliphatic carbocycles. The summed E-state index contributed by atoms with van der Waals surface area (Å²) in [6.45, 7) is 9.77. The average molecular weight is 289 g/mol. The van der Waals surface area contributed by atoms with E-state index < -0.39 is 0 Å². The van der Waals surface area contributed by atoms with Crippen molar-refractivity contribution < 1.29 is 0 Å². The van der Waals surface area contributed by atoms with Crippen LogP contribution < -0.4 is 10.2 Å². The van der Waals surface area contributed by atoms with Gasteiger partial charge >= 0.3 is 0 Å². The summed E-state index contributed by atoms with van der Waals surface area (Å²) in [5, 5.41) is 3.50. The standard InChI is InChI=1S/C18H31N3/c1-13(2)19-12-16-10-15(4)20-18(11-16)21(5)17-9-7-6-8-14(17)3/h10-11,13-14,17,19H,6-9,12H2,1-5H3. The van der Waals surface area contributed by atoms with Crippen molar-refractivity contribution in [2.24, 2.45) is 5.92 Å². The molecule has 1 aliphatic rings. The first kappa shape index (κ1) is 16.3. The maximum atomic E-state index is 4.77. The van der Waals surface area contributed by atoms with Crippen molar-refractivity contribution in [1.82, 2.24) is 10.3 Å². The minimum absolute atomic E-state index is 0.512. The Morgan fingerprint density at radius 1 is 1.29 bits per heavy atom. The van der Waals surface area contributed by atoms with Gasteiger partial charge in [0.2, 0.25) is 0 Å². The highest BCUT2D eigenvalue weighted by atomic mass is 15.2. The molecule has 1 aromatic rings. The van der Waals surface area contributed by atoms with Crippen LogP contribution in [-0.4, -0.2) is 24.1 Å². The Hall–Kier alpha value is -1.09. The van der Waals surface area contributed by atoms with Gasteiger partial charge in [-0.1, -0.05) is 33.6 Å². The second-order valence-electron chi connectivity index (χ2n) is 6.95. The van der Waals surface area contributed by atoms with Crippen LogP contribution in [0.25, 0.3) is 0 Å². The molecule has 1 fully saturated rings. The number of hydrogen-bond acceptors (Lipinski definition) is 3. The van der Waals surface area contributed by atoms with Gasteiger partial charge in [-0.05, 0) is 43.4 Å². The molecule has 1 aromatic heterocycles. The number of nitrogens with zero attached hydrogens (tertiary/aromatic N) is 2. The van der Waals surface area contributed by atoms with Gasteiger partial charge in [0.15, 0.2) is 0 Å². The Kier molecular flexibility index (Phi) is 5.63. The number of anilines is 1. The van der Waals surface area contributed by atoms with Crippen molar-refractivity contribution in [3.8, 4) is 0 Å². The second-order valence-corrected chi connectivity index (χ2v) is 6.95. The fourth-order valence-corrected chi connectivity index (χ4v) is 3.37. The second kappa shape index (κ2) is 7.26. The molecular weight excluding hydrogens is 258 g/mol. The average Bonchev–Trinajstić information content (AvgIpc) is 2.44. The molecule has 21 heavy (non-hydrogen) atoms. The number of nitrogens with one attached hydrogen (secondary N) is 1. The first-order valence-electron chi connectivity index (χ1n) is 8.41. The van der Waals surface area contributed by atoms with Crippen LogP contribution in [0.4, 0.5) is 5.82 Å². The fraction of sp³-hybridized carbons (Fsp3) is 0.722. The zero-order chi connectivity index (χ0) is 15.4. The van der Waals surface area contributed by atoms with Crippen LogP contribution >= 0.6 is 0 Å². The van der Waals surface area contributed by atoms with Gasteiger partial charge in [-0.15, -0.1) is 0 Å². The molecular formula is C18H31N3. The zero-order valence-electron chi connectivity index (χ0n) is 14.3. The third-order valence-corrected chi connectivity index (χ3v) is 4.64. The number of pyridine rings is 1. The third-order valence-electron chi connectivity index (χ3n) is 4.64. The number of hydrogen-bond donors (Lipinski definition) is 1. The van der Waals surface area contributed by atoms with Crippen LogP contribution in [0.2, 0.25) is 0 Å². The molecule has 118 valence electrons. The summed E-state index contributed by atoms with van der Waals surface area (Å²) in [4.78, 5) is 7.18. The Morgan fingerprint density at radius 3 is 2.67 bits per heavy atom. The van der Waals surface area contributed by atoms with E-state index in [1.165, 1.54) is 31.2 Å². The molecule has 2 unspecified atom stereocenters.